The molecule has 0 amide bonds. The standard InChI is InChI=1S/C17H30N2S/c1-5-18-11-14(13-8-6-7-9-13)10-16-19-15(12-20-16)17(2,3)4/h12-14,18H,5-11H2,1-4H3. The average Bonchev–Trinajstić information content (AvgIpc) is 3.04. The SMILES string of the molecule is CCNCC(Cc1nc(C(C)(C)C)cs1)C1CCCC1. The highest BCUT2D eigenvalue weighted by Crippen LogP contribution is 2.34. The van der Waals surface area contributed by atoms with E-state index in [0.717, 1.165) is 24.9 Å². The van der Waals surface area contributed by atoms with Gasteiger partial charge in [-0.05, 0) is 24.9 Å². The molecule has 1 saturated carbocycles. The summed E-state index contributed by atoms with van der Waals surface area (Å²) in [6, 6.07) is 0. The van der Waals surface area contributed by atoms with Crippen LogP contribution in [-0.4, -0.2) is 18.1 Å². The first-order valence-electron chi connectivity index (χ1n) is 8.16. The van der Waals surface area contributed by atoms with Crippen molar-refractivity contribution in [1.82, 2.24) is 10.3 Å². The zero-order chi connectivity index (χ0) is 14.6. The van der Waals surface area contributed by atoms with Crippen LogP contribution in [0.4, 0.5) is 0 Å². The molecular formula is C17H30N2S. The highest BCUT2D eigenvalue weighted by Gasteiger charge is 2.26. The largest absolute Gasteiger partial charge is 0.317 e. The molecule has 1 aliphatic rings. The summed E-state index contributed by atoms with van der Waals surface area (Å²) in [5.41, 5.74) is 1.44. The van der Waals surface area contributed by atoms with E-state index in [9.17, 15) is 0 Å². The second kappa shape index (κ2) is 7.04. The van der Waals surface area contributed by atoms with Gasteiger partial charge in [0, 0.05) is 17.2 Å². The summed E-state index contributed by atoms with van der Waals surface area (Å²) in [6.07, 6.45) is 6.87. The molecule has 1 aromatic heterocycles. The van der Waals surface area contributed by atoms with Crippen molar-refractivity contribution in [3.8, 4) is 0 Å². The van der Waals surface area contributed by atoms with Crippen molar-refractivity contribution in [2.75, 3.05) is 13.1 Å². The van der Waals surface area contributed by atoms with E-state index in [-0.39, 0.29) is 5.41 Å². The zero-order valence-electron chi connectivity index (χ0n) is 13.5. The lowest BCUT2D eigenvalue weighted by Gasteiger charge is -2.23. The highest BCUT2D eigenvalue weighted by molar-refractivity contribution is 7.09. The molecule has 0 radical (unpaired) electrons. The summed E-state index contributed by atoms with van der Waals surface area (Å²) in [6.45, 7) is 11.2. The van der Waals surface area contributed by atoms with Crippen LogP contribution < -0.4 is 5.32 Å². The Hall–Kier alpha value is -0.410. The quantitative estimate of drug-likeness (QED) is 0.841. The predicted molar refractivity (Wildman–Crippen MR) is 88.5 cm³/mol. The van der Waals surface area contributed by atoms with Crippen molar-refractivity contribution >= 4 is 11.3 Å². The fourth-order valence-corrected chi connectivity index (χ4v) is 4.25. The molecule has 1 heterocycles. The highest BCUT2D eigenvalue weighted by atomic mass is 32.1. The Morgan fingerprint density at radius 2 is 2.05 bits per heavy atom. The van der Waals surface area contributed by atoms with Gasteiger partial charge in [0.2, 0.25) is 0 Å². The van der Waals surface area contributed by atoms with Crippen molar-refractivity contribution in [3.05, 3.63) is 16.1 Å². The summed E-state index contributed by atoms with van der Waals surface area (Å²) >= 11 is 1.86. The van der Waals surface area contributed by atoms with Gasteiger partial charge in [-0.1, -0.05) is 53.4 Å². The van der Waals surface area contributed by atoms with Crippen LogP contribution in [0.25, 0.3) is 0 Å². The Labute approximate surface area is 128 Å². The smallest absolute Gasteiger partial charge is 0.0931 e. The molecule has 114 valence electrons. The van der Waals surface area contributed by atoms with Crippen LogP contribution in [0.5, 0.6) is 0 Å². The number of nitrogens with one attached hydrogen (secondary N) is 1. The summed E-state index contributed by atoms with van der Waals surface area (Å²) in [7, 11) is 0. The maximum absolute atomic E-state index is 4.89. The molecule has 20 heavy (non-hydrogen) atoms. The second-order valence-electron chi connectivity index (χ2n) is 7.19. The number of hydrogen-bond donors (Lipinski definition) is 1. The zero-order valence-corrected chi connectivity index (χ0v) is 14.4. The van der Waals surface area contributed by atoms with Crippen molar-refractivity contribution in [1.29, 1.82) is 0 Å². The number of nitrogens with zero attached hydrogens (tertiary/aromatic N) is 1. The third kappa shape index (κ3) is 4.29. The first kappa shape index (κ1) is 16.0. The molecule has 0 aromatic carbocycles. The Morgan fingerprint density at radius 3 is 2.60 bits per heavy atom. The van der Waals surface area contributed by atoms with Crippen molar-refractivity contribution in [3.63, 3.8) is 0 Å². The van der Waals surface area contributed by atoms with Gasteiger partial charge in [-0.15, -0.1) is 11.3 Å². The average molecular weight is 295 g/mol. The summed E-state index contributed by atoms with van der Waals surface area (Å²) in [4.78, 5) is 4.89. The number of thiazole rings is 1. The summed E-state index contributed by atoms with van der Waals surface area (Å²) in [5, 5.41) is 7.16. The monoisotopic (exact) mass is 294 g/mol. The van der Waals surface area contributed by atoms with E-state index < -0.39 is 0 Å². The van der Waals surface area contributed by atoms with E-state index in [0.29, 0.717) is 0 Å². The minimum absolute atomic E-state index is 0.180. The van der Waals surface area contributed by atoms with Crippen LogP contribution in [0.1, 0.15) is 64.1 Å². The molecule has 2 rings (SSSR count). The minimum atomic E-state index is 0.180. The van der Waals surface area contributed by atoms with E-state index in [1.807, 2.05) is 11.3 Å². The number of hydrogen-bond acceptors (Lipinski definition) is 3. The Morgan fingerprint density at radius 1 is 1.35 bits per heavy atom. The van der Waals surface area contributed by atoms with Gasteiger partial charge in [-0.3, -0.25) is 0 Å². The second-order valence-corrected chi connectivity index (χ2v) is 8.14. The Kier molecular flexibility index (Phi) is 5.62. The number of aromatic nitrogens is 1. The van der Waals surface area contributed by atoms with E-state index in [2.05, 4.69) is 38.4 Å². The lowest BCUT2D eigenvalue weighted by atomic mass is 9.88. The minimum Gasteiger partial charge on any atom is -0.317 e. The van der Waals surface area contributed by atoms with Crippen molar-refractivity contribution < 1.29 is 0 Å². The lowest BCUT2D eigenvalue weighted by Crippen LogP contribution is -2.28. The maximum atomic E-state index is 4.89. The fourth-order valence-electron chi connectivity index (χ4n) is 3.14. The van der Waals surface area contributed by atoms with Crippen molar-refractivity contribution in [2.45, 2.75) is 65.2 Å². The van der Waals surface area contributed by atoms with Gasteiger partial charge in [-0.25, -0.2) is 4.98 Å². The van der Waals surface area contributed by atoms with Gasteiger partial charge in [-0.2, -0.15) is 0 Å². The molecule has 1 aromatic rings. The van der Waals surface area contributed by atoms with Crippen LogP contribution in [0.3, 0.4) is 0 Å². The van der Waals surface area contributed by atoms with E-state index in [1.165, 1.54) is 42.8 Å². The van der Waals surface area contributed by atoms with Gasteiger partial charge in [0.25, 0.3) is 0 Å². The van der Waals surface area contributed by atoms with Crippen LogP contribution in [0.2, 0.25) is 0 Å². The van der Waals surface area contributed by atoms with E-state index in [1.54, 1.807) is 0 Å². The molecule has 1 atom stereocenters. The first-order chi connectivity index (χ1) is 9.50. The third-order valence-corrected chi connectivity index (χ3v) is 5.35. The fraction of sp³-hybridized carbons (Fsp3) is 0.824. The Bertz CT molecular complexity index is 399. The number of rotatable bonds is 6. The maximum Gasteiger partial charge on any atom is 0.0931 e. The molecule has 0 bridgehead atoms. The van der Waals surface area contributed by atoms with Crippen LogP contribution in [0.15, 0.2) is 5.38 Å². The molecule has 0 aliphatic heterocycles. The van der Waals surface area contributed by atoms with E-state index in [4.69, 9.17) is 4.98 Å². The van der Waals surface area contributed by atoms with Gasteiger partial charge < -0.3 is 5.32 Å². The third-order valence-electron chi connectivity index (χ3n) is 4.48. The summed E-state index contributed by atoms with van der Waals surface area (Å²) in [5.74, 6) is 1.69. The normalized spacial score (nSPS) is 18.6. The van der Waals surface area contributed by atoms with Gasteiger partial charge >= 0.3 is 0 Å². The molecule has 3 heteroatoms. The van der Waals surface area contributed by atoms with Gasteiger partial charge in [0.15, 0.2) is 0 Å². The molecule has 1 fully saturated rings. The molecule has 1 N–H and O–H groups in total. The van der Waals surface area contributed by atoms with Gasteiger partial charge in [0.1, 0.15) is 0 Å². The molecule has 1 unspecified atom stereocenters. The molecule has 0 spiro atoms. The topological polar surface area (TPSA) is 24.9 Å². The molecule has 1 aliphatic carbocycles. The lowest BCUT2D eigenvalue weighted by molar-refractivity contribution is 0.322. The summed E-state index contributed by atoms with van der Waals surface area (Å²) < 4.78 is 0. The predicted octanol–water partition coefficient (Wildman–Crippen LogP) is 4.40. The van der Waals surface area contributed by atoms with Crippen molar-refractivity contribution in [2.24, 2.45) is 11.8 Å². The van der Waals surface area contributed by atoms with Crippen LogP contribution in [-0.2, 0) is 11.8 Å². The Balaban J connectivity index is 2.01. The van der Waals surface area contributed by atoms with Gasteiger partial charge in [0.05, 0.1) is 10.7 Å². The first-order valence-corrected chi connectivity index (χ1v) is 9.04. The molecule has 2 nitrogen and oxygen atoms in total. The van der Waals surface area contributed by atoms with Crippen LogP contribution in [0, 0.1) is 11.8 Å². The van der Waals surface area contributed by atoms with Crippen LogP contribution >= 0.6 is 11.3 Å². The molecule has 0 saturated heterocycles. The molecular weight excluding hydrogens is 264 g/mol. The van der Waals surface area contributed by atoms with E-state index >= 15 is 0 Å².